The van der Waals surface area contributed by atoms with Gasteiger partial charge in [-0.3, -0.25) is 19.3 Å². The topological polar surface area (TPSA) is 143 Å². The molecule has 5 rings (SSSR count). The first-order valence-electron chi connectivity index (χ1n) is 13.8. The number of hydrogen-bond donors (Lipinski definition) is 3. The molecule has 4 N–H and O–H groups in total. The Bertz CT molecular complexity index is 1550. The van der Waals surface area contributed by atoms with E-state index in [0.717, 1.165) is 36.8 Å². The van der Waals surface area contributed by atoms with Gasteiger partial charge in [-0.25, -0.2) is 4.39 Å². The molecule has 1 aliphatic rings. The standard InChI is InChI=1S/C30H33FN6O5/c1-40-27-14-23-25(35-21-16-34-37(17-21)18-29(38)36-20-6-4-5-19(31)13-20)9-11-33-26(23)15-28(27)41-12-10-24(32)30(39)42-22-7-2-3-8-22/h4-6,9,11,13-17,22,24H,2-3,7-8,10,12,18,32H2,1H3,(H,33,35)(H,36,38)/t24-/m0/s1. The molecule has 0 aliphatic heterocycles. The van der Waals surface area contributed by atoms with E-state index in [1.54, 1.807) is 37.8 Å². The summed E-state index contributed by atoms with van der Waals surface area (Å²) in [4.78, 5) is 29.1. The van der Waals surface area contributed by atoms with Gasteiger partial charge in [0.15, 0.2) is 11.5 Å². The van der Waals surface area contributed by atoms with E-state index in [9.17, 15) is 14.0 Å². The lowest BCUT2D eigenvalue weighted by molar-refractivity contribution is -0.150. The first-order chi connectivity index (χ1) is 20.4. The van der Waals surface area contributed by atoms with Gasteiger partial charge < -0.3 is 30.6 Å². The fourth-order valence-corrected chi connectivity index (χ4v) is 4.79. The Labute approximate surface area is 242 Å². The number of benzene rings is 2. The first kappa shape index (κ1) is 28.8. The largest absolute Gasteiger partial charge is 0.493 e. The molecule has 1 saturated carbocycles. The molecule has 220 valence electrons. The van der Waals surface area contributed by atoms with Crippen LogP contribution in [-0.2, 0) is 20.9 Å². The number of amides is 1. The highest BCUT2D eigenvalue weighted by Gasteiger charge is 2.23. The third kappa shape index (κ3) is 7.32. The second kappa shape index (κ2) is 13.3. The van der Waals surface area contributed by atoms with E-state index < -0.39 is 17.8 Å². The van der Waals surface area contributed by atoms with E-state index in [1.165, 1.54) is 22.9 Å². The Hall–Kier alpha value is -4.71. The summed E-state index contributed by atoms with van der Waals surface area (Å²) >= 11 is 0. The van der Waals surface area contributed by atoms with Crippen molar-refractivity contribution in [3.63, 3.8) is 0 Å². The van der Waals surface area contributed by atoms with Crippen LogP contribution in [0.2, 0.25) is 0 Å². The highest BCUT2D eigenvalue weighted by atomic mass is 19.1. The van der Waals surface area contributed by atoms with Crippen molar-refractivity contribution in [2.24, 2.45) is 5.73 Å². The monoisotopic (exact) mass is 576 g/mol. The average Bonchev–Trinajstić information content (AvgIpc) is 3.64. The highest BCUT2D eigenvalue weighted by Crippen LogP contribution is 2.35. The summed E-state index contributed by atoms with van der Waals surface area (Å²) in [6.07, 6.45) is 9.15. The summed E-state index contributed by atoms with van der Waals surface area (Å²) in [5.74, 6) is -0.204. The molecule has 4 aromatic rings. The van der Waals surface area contributed by atoms with Crippen molar-refractivity contribution >= 4 is 39.8 Å². The number of anilines is 3. The summed E-state index contributed by atoms with van der Waals surface area (Å²) < 4.78 is 31.8. The number of hydrogen-bond acceptors (Lipinski definition) is 9. The van der Waals surface area contributed by atoms with Crippen LogP contribution in [0.4, 0.5) is 21.5 Å². The first-order valence-corrected chi connectivity index (χ1v) is 13.8. The molecule has 1 aliphatic carbocycles. The highest BCUT2D eigenvalue weighted by molar-refractivity contribution is 5.95. The Morgan fingerprint density at radius 2 is 1.98 bits per heavy atom. The molecule has 11 nitrogen and oxygen atoms in total. The van der Waals surface area contributed by atoms with Gasteiger partial charge >= 0.3 is 5.97 Å². The molecule has 0 radical (unpaired) electrons. The van der Waals surface area contributed by atoms with E-state index in [0.29, 0.717) is 34.8 Å². The molecule has 0 saturated heterocycles. The summed E-state index contributed by atoms with van der Waals surface area (Å²) in [7, 11) is 1.54. The van der Waals surface area contributed by atoms with Crippen LogP contribution < -0.4 is 25.8 Å². The van der Waals surface area contributed by atoms with E-state index >= 15 is 0 Å². The number of nitrogens with one attached hydrogen (secondary N) is 2. The minimum Gasteiger partial charge on any atom is -0.493 e. The molecule has 1 amide bonds. The maximum absolute atomic E-state index is 13.4. The molecular formula is C30H33FN6O5. The lowest BCUT2D eigenvalue weighted by Crippen LogP contribution is -2.35. The number of rotatable bonds is 12. The molecule has 12 heteroatoms. The fourth-order valence-electron chi connectivity index (χ4n) is 4.79. The number of nitrogens with zero attached hydrogens (tertiary/aromatic N) is 3. The number of aromatic nitrogens is 3. The maximum Gasteiger partial charge on any atom is 0.323 e. The molecule has 0 spiro atoms. The molecule has 2 aromatic carbocycles. The van der Waals surface area contributed by atoms with Gasteiger partial charge in [-0.2, -0.15) is 5.10 Å². The van der Waals surface area contributed by atoms with Crippen molar-refractivity contribution in [2.45, 2.75) is 50.8 Å². The third-order valence-electron chi connectivity index (χ3n) is 6.93. The van der Waals surface area contributed by atoms with Crippen LogP contribution >= 0.6 is 0 Å². The van der Waals surface area contributed by atoms with Crippen LogP contribution in [0.15, 0.2) is 61.1 Å². The summed E-state index contributed by atoms with van der Waals surface area (Å²) in [5.41, 5.74) is 8.45. The number of pyridine rings is 1. The Morgan fingerprint density at radius 3 is 2.76 bits per heavy atom. The van der Waals surface area contributed by atoms with Gasteiger partial charge in [0.25, 0.3) is 0 Å². The normalized spacial score (nSPS) is 14.0. The summed E-state index contributed by atoms with van der Waals surface area (Å²) in [6, 6.07) is 10.3. The van der Waals surface area contributed by atoms with Crippen molar-refractivity contribution in [1.29, 1.82) is 0 Å². The minimum atomic E-state index is -0.765. The Morgan fingerprint density at radius 1 is 1.14 bits per heavy atom. The molecule has 2 aromatic heterocycles. The van der Waals surface area contributed by atoms with Gasteiger partial charge in [0.2, 0.25) is 5.91 Å². The van der Waals surface area contributed by atoms with Crippen molar-refractivity contribution < 1.29 is 28.2 Å². The van der Waals surface area contributed by atoms with Crippen LogP contribution in [0, 0.1) is 5.82 Å². The van der Waals surface area contributed by atoms with Crippen molar-refractivity contribution in [2.75, 3.05) is 24.4 Å². The van der Waals surface area contributed by atoms with Crippen LogP contribution in [-0.4, -0.2) is 52.5 Å². The zero-order chi connectivity index (χ0) is 29.5. The zero-order valence-electron chi connectivity index (χ0n) is 23.2. The quantitative estimate of drug-likeness (QED) is 0.207. The second-order valence-electron chi connectivity index (χ2n) is 10.1. The maximum atomic E-state index is 13.4. The zero-order valence-corrected chi connectivity index (χ0v) is 23.2. The van der Waals surface area contributed by atoms with E-state index in [-0.39, 0.29) is 25.2 Å². The van der Waals surface area contributed by atoms with Gasteiger partial charge in [-0.1, -0.05) is 6.07 Å². The molecular weight excluding hydrogens is 543 g/mol. The second-order valence-corrected chi connectivity index (χ2v) is 10.1. The van der Waals surface area contributed by atoms with Crippen LogP contribution in [0.5, 0.6) is 11.5 Å². The SMILES string of the molecule is COc1cc2c(Nc3cnn(CC(=O)Nc4cccc(F)c4)c3)ccnc2cc1OCC[C@H](N)C(=O)OC1CCCC1. The number of fused-ring (bicyclic) bond motifs is 1. The van der Waals surface area contributed by atoms with Gasteiger partial charge in [0.05, 0.1) is 31.1 Å². The lowest BCUT2D eigenvalue weighted by Gasteiger charge is -2.17. The molecule has 0 bridgehead atoms. The summed E-state index contributed by atoms with van der Waals surface area (Å²) in [6.45, 7) is 0.151. The fraction of sp³-hybridized carbons (Fsp3) is 0.333. The lowest BCUT2D eigenvalue weighted by atomic mass is 10.1. The number of carbonyl (C=O) groups is 2. The number of methoxy groups -OCH3 is 1. The summed E-state index contributed by atoms with van der Waals surface area (Å²) in [5, 5.41) is 11.0. The molecule has 0 unspecified atom stereocenters. The van der Waals surface area contributed by atoms with Gasteiger partial charge in [-0.15, -0.1) is 0 Å². The number of carbonyl (C=O) groups excluding carboxylic acids is 2. The predicted molar refractivity (Wildman–Crippen MR) is 155 cm³/mol. The van der Waals surface area contributed by atoms with Gasteiger partial charge in [0.1, 0.15) is 24.5 Å². The Kier molecular flexibility index (Phi) is 9.12. The van der Waals surface area contributed by atoms with E-state index in [4.69, 9.17) is 19.9 Å². The van der Waals surface area contributed by atoms with Crippen molar-refractivity contribution in [3.8, 4) is 11.5 Å². The number of nitrogens with two attached hydrogens (primary N) is 1. The number of esters is 1. The van der Waals surface area contributed by atoms with Crippen LogP contribution in [0.25, 0.3) is 10.9 Å². The average molecular weight is 577 g/mol. The van der Waals surface area contributed by atoms with E-state index in [1.807, 2.05) is 12.1 Å². The number of halogens is 1. The number of ether oxygens (including phenoxy) is 3. The Balaban J connectivity index is 1.20. The molecule has 1 atom stereocenters. The van der Waals surface area contributed by atoms with Crippen molar-refractivity contribution in [1.82, 2.24) is 14.8 Å². The molecule has 2 heterocycles. The predicted octanol–water partition coefficient (Wildman–Crippen LogP) is 4.54. The van der Waals surface area contributed by atoms with Crippen LogP contribution in [0.3, 0.4) is 0 Å². The van der Waals surface area contributed by atoms with E-state index in [2.05, 4.69) is 20.7 Å². The molecule has 42 heavy (non-hydrogen) atoms. The third-order valence-corrected chi connectivity index (χ3v) is 6.93. The minimum absolute atomic E-state index is 0.0282. The smallest absolute Gasteiger partial charge is 0.323 e. The van der Waals surface area contributed by atoms with Crippen molar-refractivity contribution in [3.05, 3.63) is 66.9 Å². The molecule has 1 fully saturated rings. The van der Waals surface area contributed by atoms with Crippen LogP contribution in [0.1, 0.15) is 32.1 Å². The van der Waals surface area contributed by atoms with Gasteiger partial charge in [-0.05, 0) is 56.0 Å². The van der Waals surface area contributed by atoms with Gasteiger partial charge in [0, 0.05) is 41.6 Å².